The van der Waals surface area contributed by atoms with Crippen molar-refractivity contribution in [2.75, 3.05) is 14.2 Å². The summed E-state index contributed by atoms with van der Waals surface area (Å²) in [4.78, 5) is 10.7. The number of aromatic nitrogens is 3. The highest BCUT2D eigenvalue weighted by Crippen LogP contribution is 2.33. The maximum absolute atomic E-state index is 11.1. The second-order valence-electron chi connectivity index (χ2n) is 6.43. The number of pyridine rings is 1. The van der Waals surface area contributed by atoms with Crippen LogP contribution in [0.15, 0.2) is 47.6 Å². The van der Waals surface area contributed by atoms with Crippen LogP contribution >= 0.6 is 11.8 Å². The van der Waals surface area contributed by atoms with E-state index in [0.29, 0.717) is 16.7 Å². The van der Waals surface area contributed by atoms with E-state index in [0.717, 1.165) is 33.4 Å². The van der Waals surface area contributed by atoms with Crippen molar-refractivity contribution in [2.45, 2.75) is 17.8 Å². The molecule has 0 aliphatic rings. The minimum Gasteiger partial charge on any atom is -0.497 e. The van der Waals surface area contributed by atoms with Crippen molar-refractivity contribution in [3.63, 3.8) is 0 Å². The topological polar surface area (TPSA) is 91.8 Å². The van der Waals surface area contributed by atoms with Gasteiger partial charge in [-0.05, 0) is 36.8 Å². The summed E-state index contributed by atoms with van der Waals surface area (Å²) >= 11 is 1.44. The molecule has 9 heteroatoms. The first-order valence-electron chi connectivity index (χ1n) is 8.78. The van der Waals surface area contributed by atoms with E-state index in [9.17, 15) is 10.1 Å². The molecule has 4 rings (SSSR count). The fraction of sp³-hybridized carbons (Fsp3) is 0.200. The molecule has 0 radical (unpaired) electrons. The van der Waals surface area contributed by atoms with E-state index in [1.165, 1.54) is 23.9 Å². The Bertz CT molecular complexity index is 1240. The van der Waals surface area contributed by atoms with Gasteiger partial charge in [0.2, 0.25) is 0 Å². The number of aryl methyl sites for hydroxylation is 1. The van der Waals surface area contributed by atoms with E-state index in [-0.39, 0.29) is 5.69 Å². The Labute approximate surface area is 170 Å². The van der Waals surface area contributed by atoms with E-state index >= 15 is 0 Å². The zero-order valence-electron chi connectivity index (χ0n) is 16.1. The summed E-state index contributed by atoms with van der Waals surface area (Å²) in [5.41, 5.74) is 3.52. The fourth-order valence-electron chi connectivity index (χ4n) is 3.26. The number of nitrogens with zero attached hydrogens (tertiary/aromatic N) is 4. The summed E-state index contributed by atoms with van der Waals surface area (Å²) in [6.45, 7) is 2.03. The Balaban J connectivity index is 1.77. The predicted molar refractivity (Wildman–Crippen MR) is 111 cm³/mol. The lowest BCUT2D eigenvalue weighted by molar-refractivity contribution is -0.384. The zero-order chi connectivity index (χ0) is 20.5. The molecule has 0 amide bonds. The van der Waals surface area contributed by atoms with Crippen molar-refractivity contribution in [3.05, 3.63) is 63.7 Å². The van der Waals surface area contributed by atoms with Gasteiger partial charge < -0.3 is 9.47 Å². The van der Waals surface area contributed by atoms with Gasteiger partial charge in [0.15, 0.2) is 10.8 Å². The lowest BCUT2D eigenvalue weighted by atomic mass is 10.1. The minimum absolute atomic E-state index is 0.0262. The predicted octanol–water partition coefficient (Wildman–Crippen LogP) is 4.41. The van der Waals surface area contributed by atoms with Gasteiger partial charge >= 0.3 is 0 Å². The average Bonchev–Trinajstić information content (AvgIpc) is 3.14. The highest BCUT2D eigenvalue weighted by Gasteiger charge is 2.16. The van der Waals surface area contributed by atoms with Gasteiger partial charge in [-0.2, -0.15) is 0 Å². The van der Waals surface area contributed by atoms with Crippen LogP contribution in [0.25, 0.3) is 16.6 Å². The van der Waals surface area contributed by atoms with E-state index in [4.69, 9.17) is 9.47 Å². The number of ether oxygens (including phenoxy) is 2. The molecule has 0 saturated heterocycles. The molecule has 0 N–H and O–H groups in total. The molecule has 8 nitrogen and oxygen atoms in total. The van der Waals surface area contributed by atoms with E-state index < -0.39 is 4.92 Å². The molecule has 29 heavy (non-hydrogen) atoms. The number of thioether (sulfide) groups is 1. The molecule has 0 fully saturated rings. The van der Waals surface area contributed by atoms with Crippen LogP contribution in [0, 0.1) is 17.0 Å². The SMILES string of the molecule is COc1ccc2c(C)cc3nnc(SCc4cc([N+](=O)[O-])ccc4OC)n3c2c1. The minimum atomic E-state index is -0.414. The second-order valence-corrected chi connectivity index (χ2v) is 7.37. The van der Waals surface area contributed by atoms with Crippen molar-refractivity contribution in [1.82, 2.24) is 14.6 Å². The molecule has 0 aliphatic carbocycles. The molecule has 0 unspecified atom stereocenters. The Hall–Kier alpha value is -3.33. The number of nitro benzene ring substituents is 1. The summed E-state index contributed by atoms with van der Waals surface area (Å²) < 4.78 is 12.7. The molecule has 148 valence electrons. The summed E-state index contributed by atoms with van der Waals surface area (Å²) in [5, 5.41) is 21.5. The van der Waals surface area contributed by atoms with Gasteiger partial charge in [-0.15, -0.1) is 10.2 Å². The van der Waals surface area contributed by atoms with Gasteiger partial charge in [0.1, 0.15) is 11.5 Å². The summed E-state index contributed by atoms with van der Waals surface area (Å²) in [7, 11) is 3.18. The van der Waals surface area contributed by atoms with Gasteiger partial charge in [-0.3, -0.25) is 14.5 Å². The Morgan fingerprint density at radius 2 is 1.93 bits per heavy atom. The number of hydrogen-bond donors (Lipinski definition) is 0. The molecule has 0 aliphatic heterocycles. The highest BCUT2D eigenvalue weighted by atomic mass is 32.2. The molecular formula is C20H18N4O4S. The van der Waals surface area contributed by atoms with Crippen LogP contribution in [0.1, 0.15) is 11.1 Å². The Morgan fingerprint density at radius 3 is 2.66 bits per heavy atom. The van der Waals surface area contributed by atoms with Gasteiger partial charge in [0.05, 0.1) is 24.7 Å². The molecule has 0 atom stereocenters. The number of methoxy groups -OCH3 is 2. The van der Waals surface area contributed by atoms with Crippen molar-refractivity contribution in [3.8, 4) is 11.5 Å². The standard InChI is InChI=1S/C20H18N4O4S/c1-12-8-19-21-22-20(23(19)17-10-15(27-2)5-6-16(12)17)29-11-13-9-14(24(25)26)4-7-18(13)28-3/h4-10H,11H2,1-3H3. The van der Waals surface area contributed by atoms with E-state index in [1.807, 2.05) is 35.6 Å². The van der Waals surface area contributed by atoms with Crippen molar-refractivity contribution in [1.29, 1.82) is 0 Å². The quantitative estimate of drug-likeness (QED) is 0.264. The van der Waals surface area contributed by atoms with Crippen molar-refractivity contribution >= 4 is 34.0 Å². The third-order valence-electron chi connectivity index (χ3n) is 4.71. The zero-order valence-corrected chi connectivity index (χ0v) is 16.9. The van der Waals surface area contributed by atoms with Crippen LogP contribution in [0.4, 0.5) is 5.69 Å². The highest BCUT2D eigenvalue weighted by molar-refractivity contribution is 7.98. The Kier molecular flexibility index (Phi) is 4.98. The van der Waals surface area contributed by atoms with Crippen molar-refractivity contribution in [2.24, 2.45) is 0 Å². The molecule has 2 heterocycles. The second kappa shape index (κ2) is 7.59. The van der Waals surface area contributed by atoms with Crippen LogP contribution in [-0.2, 0) is 5.75 Å². The van der Waals surface area contributed by atoms with Gasteiger partial charge in [0, 0.05) is 34.9 Å². The van der Waals surface area contributed by atoms with Crippen molar-refractivity contribution < 1.29 is 14.4 Å². The Morgan fingerprint density at radius 1 is 1.10 bits per heavy atom. The van der Waals surface area contributed by atoms with Crippen LogP contribution in [0.2, 0.25) is 0 Å². The van der Waals surface area contributed by atoms with Gasteiger partial charge in [0.25, 0.3) is 5.69 Å². The van der Waals surface area contributed by atoms with E-state index in [2.05, 4.69) is 10.2 Å². The number of hydrogen-bond acceptors (Lipinski definition) is 7. The molecular weight excluding hydrogens is 392 g/mol. The molecule has 0 bridgehead atoms. The van der Waals surface area contributed by atoms with Crippen LogP contribution in [-0.4, -0.2) is 33.7 Å². The normalized spacial score (nSPS) is 11.1. The molecule has 0 saturated carbocycles. The number of nitro groups is 1. The third-order valence-corrected chi connectivity index (χ3v) is 5.68. The smallest absolute Gasteiger partial charge is 0.270 e. The largest absolute Gasteiger partial charge is 0.497 e. The third kappa shape index (κ3) is 3.44. The summed E-state index contributed by atoms with van der Waals surface area (Å²) in [5.74, 6) is 1.79. The number of fused-ring (bicyclic) bond motifs is 3. The van der Waals surface area contributed by atoms with Gasteiger partial charge in [-0.25, -0.2) is 0 Å². The first-order chi connectivity index (χ1) is 14.0. The van der Waals surface area contributed by atoms with Crippen LogP contribution in [0.5, 0.6) is 11.5 Å². The maximum atomic E-state index is 11.1. The first kappa shape index (κ1) is 19.0. The molecule has 4 aromatic rings. The fourth-order valence-corrected chi connectivity index (χ4v) is 4.19. The van der Waals surface area contributed by atoms with E-state index in [1.54, 1.807) is 20.3 Å². The lowest BCUT2D eigenvalue weighted by Gasteiger charge is -2.10. The average molecular weight is 410 g/mol. The molecule has 2 aromatic heterocycles. The molecule has 2 aromatic carbocycles. The van der Waals surface area contributed by atoms with Gasteiger partial charge in [-0.1, -0.05) is 11.8 Å². The summed E-state index contributed by atoms with van der Waals surface area (Å²) in [6, 6.07) is 12.5. The molecule has 0 spiro atoms. The lowest BCUT2D eigenvalue weighted by Crippen LogP contribution is -1.96. The number of non-ortho nitro benzene ring substituents is 1. The van der Waals surface area contributed by atoms with Crippen LogP contribution in [0.3, 0.4) is 0 Å². The number of benzene rings is 2. The maximum Gasteiger partial charge on any atom is 0.270 e. The van der Waals surface area contributed by atoms with Crippen LogP contribution < -0.4 is 9.47 Å². The number of rotatable bonds is 6. The summed E-state index contributed by atoms with van der Waals surface area (Å²) in [6.07, 6.45) is 0. The first-order valence-corrected chi connectivity index (χ1v) is 9.77. The monoisotopic (exact) mass is 410 g/mol.